The second-order valence-corrected chi connectivity index (χ2v) is 12.9. The second kappa shape index (κ2) is 20.7. The highest BCUT2D eigenvalue weighted by Gasteiger charge is 2.48. The lowest BCUT2D eigenvalue weighted by Crippen LogP contribution is -2.21. The molecule has 1 aromatic rings. The lowest BCUT2D eigenvalue weighted by Gasteiger charge is -2.22. The average Bonchev–Trinajstić information content (AvgIpc) is 2.82. The number of hydrogen-bond donors (Lipinski definition) is 0. The Balaban J connectivity index is 2.70. The molecule has 1 rings (SSSR count). The normalized spacial score (nSPS) is 12.2. The summed E-state index contributed by atoms with van der Waals surface area (Å²) < 4.78 is 19.7. The van der Waals surface area contributed by atoms with E-state index in [1.54, 1.807) is 0 Å². The monoisotopic (exact) mass is 495 g/mol. The van der Waals surface area contributed by atoms with Crippen molar-refractivity contribution in [1.82, 2.24) is 0 Å². The van der Waals surface area contributed by atoms with Crippen LogP contribution in [0, 0.1) is 11.8 Å². The first kappa shape index (κ1) is 31.6. The highest BCUT2D eigenvalue weighted by Crippen LogP contribution is 2.61. The predicted molar refractivity (Wildman–Crippen MR) is 151 cm³/mol. The van der Waals surface area contributed by atoms with Gasteiger partial charge in [-0.05, 0) is 43.2 Å². The van der Waals surface area contributed by atoms with Gasteiger partial charge in [0, 0.05) is 0 Å². The summed E-state index contributed by atoms with van der Waals surface area (Å²) in [5.41, 5.74) is 0. The molecular weight excluding hydrogens is 439 g/mol. The van der Waals surface area contributed by atoms with E-state index >= 15 is 0 Å². The molecule has 0 heterocycles. The van der Waals surface area contributed by atoms with Gasteiger partial charge in [0.15, 0.2) is 5.30 Å². The Morgan fingerprint density at radius 3 is 1.41 bits per heavy atom. The predicted octanol–water partition coefficient (Wildman–Crippen LogP) is 9.92. The van der Waals surface area contributed by atoms with Crippen molar-refractivity contribution in [3.63, 3.8) is 0 Å². The van der Waals surface area contributed by atoms with Gasteiger partial charge in [-0.15, -0.1) is 0 Å². The molecule has 0 aliphatic heterocycles. The van der Waals surface area contributed by atoms with E-state index in [4.69, 9.17) is 13.6 Å². The van der Waals surface area contributed by atoms with Crippen LogP contribution in [-0.2, 0) is 13.6 Å². The summed E-state index contributed by atoms with van der Waals surface area (Å²) in [7, 11) is -2.55. The van der Waals surface area contributed by atoms with Crippen molar-refractivity contribution in [2.45, 2.75) is 125 Å². The lowest BCUT2D eigenvalue weighted by molar-refractivity contribution is 0.139. The molecule has 0 radical (unpaired) electrons. The van der Waals surface area contributed by atoms with Gasteiger partial charge >= 0.3 is 7.94 Å². The maximum atomic E-state index is 6.58. The first-order valence-electron chi connectivity index (χ1n) is 14.4. The van der Waals surface area contributed by atoms with E-state index in [2.05, 4.69) is 65.0 Å². The molecule has 0 aromatic heterocycles. The number of hydrogen-bond acceptors (Lipinski definition) is 3. The highest BCUT2D eigenvalue weighted by molar-refractivity contribution is 7.69. The highest BCUT2D eigenvalue weighted by atomic mass is 31.2. The molecule has 0 aliphatic carbocycles. The van der Waals surface area contributed by atoms with E-state index in [0.29, 0.717) is 13.2 Å². The molecule has 4 heteroatoms. The lowest BCUT2D eigenvalue weighted by atomic mass is 10.1. The molecule has 0 spiro atoms. The maximum absolute atomic E-state index is 6.58. The summed E-state index contributed by atoms with van der Waals surface area (Å²) in [6.07, 6.45) is 17.2. The summed E-state index contributed by atoms with van der Waals surface area (Å²) in [4.78, 5) is 0. The fourth-order valence-electron chi connectivity index (χ4n) is 4.05. The topological polar surface area (TPSA) is 27.7 Å². The van der Waals surface area contributed by atoms with Crippen LogP contribution in [0.5, 0.6) is 0 Å². The standard InChI is InChI=1S/C30H56O3P/c1-6-7-8-9-10-18-25-31-34(30-23-16-11-17-24-30,32-26-19-12-14-21-28(2)3)33-27-20-13-15-22-29(4)5/h11,16-17,23-24,28-29H,6-10,12-15,18-22,25-27H2,1-5H3/q+1. The summed E-state index contributed by atoms with van der Waals surface area (Å²) in [5.74, 6) is 1.55. The Morgan fingerprint density at radius 1 is 0.559 bits per heavy atom. The molecule has 1 aromatic carbocycles. The molecule has 0 bridgehead atoms. The molecule has 198 valence electrons. The van der Waals surface area contributed by atoms with Crippen LogP contribution in [0.15, 0.2) is 30.3 Å². The van der Waals surface area contributed by atoms with Crippen molar-refractivity contribution in [3.05, 3.63) is 30.3 Å². The number of unbranched alkanes of at least 4 members (excludes halogenated alkanes) is 9. The van der Waals surface area contributed by atoms with Crippen LogP contribution in [0.1, 0.15) is 125 Å². The Hall–Kier alpha value is -0.470. The van der Waals surface area contributed by atoms with Gasteiger partial charge in [0.05, 0.1) is 19.8 Å². The van der Waals surface area contributed by atoms with E-state index in [1.165, 1.54) is 70.6 Å². The van der Waals surface area contributed by atoms with Crippen LogP contribution >= 0.6 is 7.94 Å². The Morgan fingerprint density at radius 2 is 0.971 bits per heavy atom. The molecule has 0 atom stereocenters. The molecule has 34 heavy (non-hydrogen) atoms. The molecule has 0 aliphatic rings. The molecular formula is C30H56O3P+. The van der Waals surface area contributed by atoms with E-state index in [0.717, 1.165) is 43.0 Å². The number of rotatable bonds is 23. The molecule has 0 saturated carbocycles. The molecule has 0 fully saturated rings. The Kier molecular flexibility index (Phi) is 19.2. The van der Waals surface area contributed by atoms with E-state index < -0.39 is 7.94 Å². The minimum Gasteiger partial charge on any atom is -0.174 e. The van der Waals surface area contributed by atoms with Gasteiger partial charge in [-0.1, -0.05) is 123 Å². The quantitative estimate of drug-likeness (QED) is 0.112. The minimum atomic E-state index is -2.55. The summed E-state index contributed by atoms with van der Waals surface area (Å²) in [6, 6.07) is 10.5. The average molecular weight is 496 g/mol. The van der Waals surface area contributed by atoms with Gasteiger partial charge < -0.3 is 0 Å². The zero-order chi connectivity index (χ0) is 24.9. The molecule has 0 N–H and O–H groups in total. The summed E-state index contributed by atoms with van der Waals surface area (Å²) >= 11 is 0. The van der Waals surface area contributed by atoms with Crippen molar-refractivity contribution in [2.24, 2.45) is 11.8 Å². The van der Waals surface area contributed by atoms with Crippen LogP contribution in [0.4, 0.5) is 0 Å². The van der Waals surface area contributed by atoms with Gasteiger partial charge in [-0.2, -0.15) is 13.6 Å². The van der Waals surface area contributed by atoms with Gasteiger partial charge in [0.1, 0.15) is 0 Å². The molecule has 0 amide bonds. The first-order valence-corrected chi connectivity index (χ1v) is 15.9. The van der Waals surface area contributed by atoms with Crippen LogP contribution < -0.4 is 5.30 Å². The van der Waals surface area contributed by atoms with Gasteiger partial charge in [0.2, 0.25) is 0 Å². The van der Waals surface area contributed by atoms with Crippen LogP contribution in [-0.4, -0.2) is 19.8 Å². The summed E-state index contributed by atoms with van der Waals surface area (Å²) in [5, 5.41) is 1.09. The largest absolute Gasteiger partial charge is 0.448 e. The van der Waals surface area contributed by atoms with E-state index in [-0.39, 0.29) is 0 Å². The van der Waals surface area contributed by atoms with Crippen molar-refractivity contribution < 1.29 is 13.6 Å². The maximum Gasteiger partial charge on any atom is 0.448 e. The van der Waals surface area contributed by atoms with Crippen molar-refractivity contribution in [1.29, 1.82) is 0 Å². The van der Waals surface area contributed by atoms with Gasteiger partial charge in [-0.3, -0.25) is 0 Å². The zero-order valence-corrected chi connectivity index (χ0v) is 24.1. The van der Waals surface area contributed by atoms with Crippen molar-refractivity contribution >= 4 is 13.2 Å². The van der Waals surface area contributed by atoms with Crippen molar-refractivity contribution in [3.8, 4) is 0 Å². The van der Waals surface area contributed by atoms with Gasteiger partial charge in [0.25, 0.3) is 0 Å². The Bertz CT molecular complexity index is 541. The molecule has 3 nitrogen and oxygen atoms in total. The third-order valence-electron chi connectivity index (χ3n) is 6.21. The Labute approximate surface area is 213 Å². The van der Waals surface area contributed by atoms with E-state index in [9.17, 15) is 0 Å². The van der Waals surface area contributed by atoms with Crippen LogP contribution in [0.3, 0.4) is 0 Å². The van der Waals surface area contributed by atoms with Gasteiger partial charge in [-0.25, -0.2) is 0 Å². The minimum absolute atomic E-state index is 0.713. The van der Waals surface area contributed by atoms with Crippen LogP contribution in [0.25, 0.3) is 0 Å². The smallest absolute Gasteiger partial charge is 0.174 e. The fourth-order valence-corrected chi connectivity index (χ4v) is 6.36. The van der Waals surface area contributed by atoms with E-state index in [1.807, 2.05) is 0 Å². The van der Waals surface area contributed by atoms with Crippen LogP contribution in [0.2, 0.25) is 0 Å². The molecule has 0 unspecified atom stereocenters. The zero-order valence-electron chi connectivity index (χ0n) is 23.2. The second-order valence-electron chi connectivity index (χ2n) is 10.6. The fraction of sp³-hybridized carbons (Fsp3) is 0.800. The third-order valence-corrected chi connectivity index (χ3v) is 8.70. The molecule has 0 saturated heterocycles. The SMILES string of the molecule is CCCCCCCCO[P+](OCCCCCC(C)C)(OCCCCCC(C)C)c1ccccc1. The third kappa shape index (κ3) is 15.5. The van der Waals surface area contributed by atoms with Crippen molar-refractivity contribution in [2.75, 3.05) is 19.8 Å². The number of benzene rings is 1. The first-order chi connectivity index (χ1) is 16.5. The summed E-state index contributed by atoms with van der Waals surface area (Å²) in [6.45, 7) is 13.6.